The molecule has 2 heterocycles. The maximum Gasteiger partial charge on any atom is 0.411 e. The fourth-order valence-corrected chi connectivity index (χ4v) is 8.13. The van der Waals surface area contributed by atoms with Gasteiger partial charge in [-0.3, -0.25) is 24.3 Å². The minimum Gasteiger partial charge on any atom is -0.459 e. The Kier molecular flexibility index (Phi) is 13.3. The summed E-state index contributed by atoms with van der Waals surface area (Å²) < 4.78 is 11.5. The SMILES string of the molecule is CC12CCCCC1N=C(N)S2.CNC(=O)C1CCCN1C(=O)[C@@H](CC1CCCCC1)N(CC(=O)OC(C)(C)C)C(=O)OC(C)(C)C. The van der Waals surface area contributed by atoms with E-state index in [0.717, 1.165) is 37.3 Å². The van der Waals surface area contributed by atoms with Gasteiger partial charge in [0.05, 0.1) is 6.04 Å². The Labute approximate surface area is 280 Å². The highest BCUT2D eigenvalue weighted by Crippen LogP contribution is 2.45. The minimum absolute atomic E-state index is 0.219. The Bertz CT molecular complexity index is 1110. The van der Waals surface area contributed by atoms with E-state index in [1.807, 2.05) is 0 Å². The third-order valence-electron chi connectivity index (χ3n) is 9.10. The number of carbonyl (C=O) groups excluding carboxylic acids is 4. The molecule has 0 aromatic heterocycles. The number of carbonyl (C=O) groups is 4. The molecular weight excluding hydrogens is 606 g/mol. The third kappa shape index (κ3) is 11.0. The first kappa shape index (κ1) is 38.0. The van der Waals surface area contributed by atoms with Gasteiger partial charge in [0.15, 0.2) is 5.17 Å². The monoisotopic (exact) mass is 665 g/mol. The number of amidine groups is 1. The number of aliphatic imine (C=N–C) groups is 1. The van der Waals surface area contributed by atoms with Crippen molar-refractivity contribution in [2.45, 2.75) is 160 Å². The summed E-state index contributed by atoms with van der Waals surface area (Å²) in [5.41, 5.74) is 4.15. The van der Waals surface area contributed by atoms with E-state index in [4.69, 9.17) is 15.2 Å². The lowest BCUT2D eigenvalue weighted by Gasteiger charge is -2.38. The highest BCUT2D eigenvalue weighted by atomic mass is 32.2. The Hall–Kier alpha value is -2.50. The molecule has 2 saturated carbocycles. The average molecular weight is 666 g/mol. The van der Waals surface area contributed by atoms with Crippen LogP contribution in [-0.4, -0.2) is 93.1 Å². The second-order valence-electron chi connectivity index (χ2n) is 15.4. The molecule has 0 spiro atoms. The van der Waals surface area contributed by atoms with Crippen LogP contribution >= 0.6 is 11.8 Å². The van der Waals surface area contributed by atoms with Crippen LogP contribution in [0.5, 0.6) is 0 Å². The molecule has 12 heteroatoms. The van der Waals surface area contributed by atoms with E-state index in [1.165, 1.54) is 30.6 Å². The Balaban J connectivity index is 0.000000434. The van der Waals surface area contributed by atoms with Gasteiger partial charge in [-0.25, -0.2) is 4.79 Å². The van der Waals surface area contributed by atoms with Gasteiger partial charge in [0.1, 0.15) is 29.8 Å². The standard InChI is InChI=1S/C26H45N3O6.C8H14N2S/c1-25(2,3)34-21(30)17-29(24(33)35-26(4,5)6)20(16-18-12-9-8-10-13-18)23(32)28-15-11-14-19(28)22(31)27-7;1-8-5-3-2-4-6(8)10-7(9)11-8/h18-20H,8-17H2,1-7H3,(H,27,31);6H,2-5H2,1H3,(H2,9,10)/t19?,20-;/m1./s1. The van der Waals surface area contributed by atoms with E-state index >= 15 is 0 Å². The average Bonchev–Trinajstić information content (AvgIpc) is 3.56. The largest absolute Gasteiger partial charge is 0.459 e. The molecule has 3 amide bonds. The summed E-state index contributed by atoms with van der Waals surface area (Å²) in [7, 11) is 1.55. The first-order valence-electron chi connectivity index (χ1n) is 17.2. The van der Waals surface area contributed by atoms with Gasteiger partial charge in [-0.1, -0.05) is 56.7 Å². The van der Waals surface area contributed by atoms with Gasteiger partial charge in [-0.05, 0) is 86.5 Å². The summed E-state index contributed by atoms with van der Waals surface area (Å²) in [6.07, 6.45) is 11.4. The molecule has 262 valence electrons. The lowest BCUT2D eigenvalue weighted by molar-refractivity contribution is -0.158. The van der Waals surface area contributed by atoms with Crippen LogP contribution in [0.15, 0.2) is 4.99 Å². The second-order valence-corrected chi connectivity index (χ2v) is 17.0. The zero-order chi connectivity index (χ0) is 34.3. The first-order valence-corrected chi connectivity index (χ1v) is 18.0. The fourth-order valence-electron chi connectivity index (χ4n) is 6.92. The van der Waals surface area contributed by atoms with E-state index in [9.17, 15) is 19.2 Å². The Morgan fingerprint density at radius 2 is 1.61 bits per heavy atom. The summed E-state index contributed by atoms with van der Waals surface area (Å²) in [5, 5.41) is 3.45. The van der Waals surface area contributed by atoms with E-state index in [-0.39, 0.29) is 17.7 Å². The number of nitrogens with two attached hydrogens (primary N) is 1. The van der Waals surface area contributed by atoms with Crippen molar-refractivity contribution >= 4 is 40.8 Å². The van der Waals surface area contributed by atoms with Crippen LogP contribution in [0.2, 0.25) is 0 Å². The number of hydrogen-bond acceptors (Lipinski definition) is 9. The molecule has 0 radical (unpaired) electrons. The summed E-state index contributed by atoms with van der Waals surface area (Å²) in [5.74, 6) is -0.879. The molecule has 3 N–H and O–H groups in total. The molecule has 0 aromatic rings. The van der Waals surface area contributed by atoms with E-state index in [2.05, 4.69) is 17.2 Å². The fraction of sp³-hybridized carbons (Fsp3) is 0.853. The first-order chi connectivity index (χ1) is 21.4. The molecule has 3 unspecified atom stereocenters. The zero-order valence-electron chi connectivity index (χ0n) is 29.5. The van der Waals surface area contributed by atoms with Crippen LogP contribution in [-0.2, 0) is 23.9 Å². The number of likely N-dealkylation sites (tertiary alicyclic amines) is 1. The molecule has 46 heavy (non-hydrogen) atoms. The number of rotatable bonds is 7. The molecule has 1 saturated heterocycles. The van der Waals surface area contributed by atoms with Gasteiger partial charge in [0.2, 0.25) is 11.8 Å². The molecule has 2 aliphatic heterocycles. The normalized spacial score (nSPS) is 25.7. The summed E-state index contributed by atoms with van der Waals surface area (Å²) >= 11 is 1.78. The summed E-state index contributed by atoms with van der Waals surface area (Å²) in [4.78, 5) is 59.9. The molecule has 3 fully saturated rings. The van der Waals surface area contributed by atoms with Crippen LogP contribution in [0.1, 0.15) is 126 Å². The molecule has 0 bridgehead atoms. The van der Waals surface area contributed by atoms with Crippen molar-refractivity contribution in [3.05, 3.63) is 0 Å². The van der Waals surface area contributed by atoms with Crippen LogP contribution in [0.25, 0.3) is 0 Å². The molecule has 0 aromatic carbocycles. The molecule has 11 nitrogen and oxygen atoms in total. The molecular formula is C34H59N5O6S. The quantitative estimate of drug-likeness (QED) is 0.345. The number of amides is 3. The topological polar surface area (TPSA) is 144 Å². The third-order valence-corrected chi connectivity index (χ3v) is 10.4. The van der Waals surface area contributed by atoms with E-state index in [1.54, 1.807) is 65.3 Å². The highest BCUT2D eigenvalue weighted by molar-refractivity contribution is 8.15. The highest BCUT2D eigenvalue weighted by Gasteiger charge is 2.44. The Morgan fingerprint density at radius 3 is 2.20 bits per heavy atom. The number of thioether (sulfide) groups is 1. The number of ether oxygens (including phenoxy) is 2. The van der Waals surface area contributed by atoms with Crippen molar-refractivity contribution in [3.8, 4) is 0 Å². The van der Waals surface area contributed by atoms with Crippen molar-refractivity contribution in [1.29, 1.82) is 0 Å². The molecule has 4 atom stereocenters. The zero-order valence-corrected chi connectivity index (χ0v) is 30.3. The van der Waals surface area contributed by atoms with Crippen LogP contribution in [0, 0.1) is 5.92 Å². The van der Waals surface area contributed by atoms with Crippen LogP contribution in [0.4, 0.5) is 4.79 Å². The number of fused-ring (bicyclic) bond motifs is 1. The minimum atomic E-state index is -0.911. The van der Waals surface area contributed by atoms with Crippen molar-refractivity contribution in [2.75, 3.05) is 20.1 Å². The number of nitrogens with one attached hydrogen (secondary N) is 1. The van der Waals surface area contributed by atoms with Crippen molar-refractivity contribution in [2.24, 2.45) is 16.6 Å². The van der Waals surface area contributed by atoms with Crippen molar-refractivity contribution in [1.82, 2.24) is 15.1 Å². The maximum absolute atomic E-state index is 14.0. The van der Waals surface area contributed by atoms with Crippen molar-refractivity contribution < 1.29 is 28.7 Å². The number of likely N-dealkylation sites (N-methyl/N-ethyl adjacent to an activating group) is 1. The molecule has 4 aliphatic rings. The van der Waals surface area contributed by atoms with Gasteiger partial charge in [-0.15, -0.1) is 0 Å². The lowest BCUT2D eigenvalue weighted by Crippen LogP contribution is -2.57. The van der Waals surface area contributed by atoms with Gasteiger partial charge >= 0.3 is 12.1 Å². The molecule has 2 aliphatic carbocycles. The van der Waals surface area contributed by atoms with Crippen LogP contribution < -0.4 is 11.1 Å². The van der Waals surface area contributed by atoms with Gasteiger partial charge in [0.25, 0.3) is 0 Å². The summed E-state index contributed by atoms with van der Waals surface area (Å²) in [6, 6.07) is -0.977. The van der Waals surface area contributed by atoms with Crippen molar-refractivity contribution in [3.63, 3.8) is 0 Å². The number of hydrogen-bond donors (Lipinski definition) is 2. The van der Waals surface area contributed by atoms with Crippen LogP contribution in [0.3, 0.4) is 0 Å². The van der Waals surface area contributed by atoms with Gasteiger partial charge < -0.3 is 25.4 Å². The van der Waals surface area contributed by atoms with Gasteiger partial charge in [0, 0.05) is 18.3 Å². The smallest absolute Gasteiger partial charge is 0.411 e. The van der Waals surface area contributed by atoms with Gasteiger partial charge in [-0.2, -0.15) is 0 Å². The number of nitrogens with zero attached hydrogens (tertiary/aromatic N) is 3. The molecule has 4 rings (SSSR count). The van der Waals surface area contributed by atoms with E-state index < -0.39 is 41.9 Å². The maximum atomic E-state index is 14.0. The summed E-state index contributed by atoms with van der Waals surface area (Å²) in [6.45, 7) is 12.8. The second kappa shape index (κ2) is 16.1. The lowest BCUT2D eigenvalue weighted by atomic mass is 9.84. The Morgan fingerprint density at radius 1 is 0.978 bits per heavy atom. The number of esters is 1. The predicted octanol–water partition coefficient (Wildman–Crippen LogP) is 5.39. The predicted molar refractivity (Wildman–Crippen MR) is 182 cm³/mol. The van der Waals surface area contributed by atoms with E-state index in [0.29, 0.717) is 36.6 Å².